The molecular formula is C24H20ClN9O2S. The maximum absolute atomic E-state index is 11.6. The maximum atomic E-state index is 11.6. The number of hydrogen-bond acceptors (Lipinski definition) is 10. The minimum absolute atomic E-state index is 0.0367. The molecule has 4 heterocycles. The number of carbonyl (C=O) groups excluding carboxylic acids is 1. The lowest BCUT2D eigenvalue weighted by Crippen LogP contribution is -2.12. The number of furan rings is 1. The number of amides is 1. The third kappa shape index (κ3) is 4.88. The lowest BCUT2D eigenvalue weighted by Gasteiger charge is -2.10. The Hall–Kier alpha value is -4.29. The van der Waals surface area contributed by atoms with Crippen LogP contribution >= 0.6 is 23.5 Å². The highest BCUT2D eigenvalue weighted by molar-refractivity contribution is 8.00. The fourth-order valence-electron chi connectivity index (χ4n) is 3.90. The molecule has 37 heavy (non-hydrogen) atoms. The van der Waals surface area contributed by atoms with Crippen LogP contribution in [0.1, 0.15) is 11.1 Å². The number of anilines is 4. The van der Waals surface area contributed by atoms with Crippen molar-refractivity contribution in [1.29, 1.82) is 0 Å². The van der Waals surface area contributed by atoms with Gasteiger partial charge in [-0.2, -0.15) is 19.5 Å². The smallest absolute Gasteiger partial charge is 0.259 e. The Morgan fingerprint density at radius 1 is 1.16 bits per heavy atom. The monoisotopic (exact) mass is 533 g/mol. The molecule has 1 aliphatic heterocycles. The van der Waals surface area contributed by atoms with Crippen LogP contribution in [-0.4, -0.2) is 37.0 Å². The molecular weight excluding hydrogens is 514 g/mol. The van der Waals surface area contributed by atoms with Gasteiger partial charge in [-0.05, 0) is 65.9 Å². The Morgan fingerprint density at radius 3 is 2.84 bits per heavy atom. The van der Waals surface area contributed by atoms with Crippen molar-refractivity contribution in [3.63, 3.8) is 0 Å². The molecule has 0 fully saturated rings. The molecule has 0 spiro atoms. The summed E-state index contributed by atoms with van der Waals surface area (Å²) in [7, 11) is 0. The van der Waals surface area contributed by atoms with E-state index in [-0.39, 0.29) is 11.9 Å². The summed E-state index contributed by atoms with van der Waals surface area (Å²) in [6.07, 6.45) is 2.66. The predicted octanol–water partition coefficient (Wildman–Crippen LogP) is 4.28. The topological polar surface area (TPSA) is 148 Å². The number of rotatable bonds is 8. The summed E-state index contributed by atoms with van der Waals surface area (Å²) in [5, 5.41) is 10.8. The van der Waals surface area contributed by atoms with Gasteiger partial charge in [-0.25, -0.2) is 0 Å². The third-order valence-corrected chi connectivity index (χ3v) is 6.78. The summed E-state index contributed by atoms with van der Waals surface area (Å²) in [6.45, 7) is 0.608. The highest BCUT2D eigenvalue weighted by atomic mass is 35.5. The molecule has 5 aromatic rings. The molecule has 0 radical (unpaired) electrons. The van der Waals surface area contributed by atoms with Crippen LogP contribution in [0, 0.1) is 0 Å². The molecule has 11 nitrogen and oxygen atoms in total. The van der Waals surface area contributed by atoms with Gasteiger partial charge in [-0.15, -0.1) is 5.10 Å². The number of benzene rings is 2. The molecule has 0 saturated carbocycles. The average molecular weight is 534 g/mol. The molecule has 0 atom stereocenters. The molecule has 2 aromatic carbocycles. The second-order valence-electron chi connectivity index (χ2n) is 8.27. The van der Waals surface area contributed by atoms with Crippen molar-refractivity contribution >= 4 is 58.5 Å². The van der Waals surface area contributed by atoms with Crippen molar-refractivity contribution in [1.82, 2.24) is 24.6 Å². The van der Waals surface area contributed by atoms with Gasteiger partial charge in [0.15, 0.2) is 5.76 Å². The number of aromatic nitrogens is 5. The molecule has 1 aliphatic rings. The van der Waals surface area contributed by atoms with E-state index in [1.807, 2.05) is 24.3 Å². The summed E-state index contributed by atoms with van der Waals surface area (Å²) in [6, 6.07) is 15.5. The molecule has 0 aliphatic carbocycles. The Balaban J connectivity index is 1.04. The highest BCUT2D eigenvalue weighted by Crippen LogP contribution is 2.36. The van der Waals surface area contributed by atoms with Crippen LogP contribution in [0.5, 0.6) is 0 Å². The lowest BCUT2D eigenvalue weighted by atomic mass is 10.1. The number of nitrogens with two attached hydrogens (primary N) is 1. The zero-order chi connectivity index (χ0) is 25.4. The molecule has 186 valence electrons. The van der Waals surface area contributed by atoms with Crippen molar-refractivity contribution in [3.8, 4) is 11.6 Å². The third-order valence-electron chi connectivity index (χ3n) is 5.67. The van der Waals surface area contributed by atoms with E-state index in [0.29, 0.717) is 47.0 Å². The van der Waals surface area contributed by atoms with Gasteiger partial charge in [0.2, 0.25) is 23.6 Å². The van der Waals surface area contributed by atoms with E-state index < -0.39 is 0 Å². The average Bonchev–Trinajstić information content (AvgIpc) is 3.63. The van der Waals surface area contributed by atoms with Gasteiger partial charge >= 0.3 is 0 Å². The SMILES string of the molecule is Nc1nc(NCCc2ccc(NSc3cc(Cl)c4c(c3)CC(=O)N4)cc2)nc2nc(-c3ccco3)nn12. The van der Waals surface area contributed by atoms with Gasteiger partial charge in [-0.1, -0.05) is 23.7 Å². The van der Waals surface area contributed by atoms with Gasteiger partial charge in [0.25, 0.3) is 5.78 Å². The Kier molecular flexibility index (Phi) is 6.02. The van der Waals surface area contributed by atoms with Crippen LogP contribution in [0.3, 0.4) is 0 Å². The van der Waals surface area contributed by atoms with E-state index >= 15 is 0 Å². The minimum Gasteiger partial charge on any atom is -0.461 e. The van der Waals surface area contributed by atoms with Crippen LogP contribution in [-0.2, 0) is 17.6 Å². The van der Waals surface area contributed by atoms with Crippen LogP contribution in [0.2, 0.25) is 5.02 Å². The molecule has 0 bridgehead atoms. The molecule has 6 rings (SSSR count). The minimum atomic E-state index is -0.0367. The van der Waals surface area contributed by atoms with Crippen molar-refractivity contribution in [2.24, 2.45) is 0 Å². The first-order valence-corrected chi connectivity index (χ1v) is 12.5. The summed E-state index contributed by atoms with van der Waals surface area (Å²) in [5.74, 6) is 1.77. The first-order valence-electron chi connectivity index (χ1n) is 11.3. The molecule has 5 N–H and O–H groups in total. The molecule has 0 unspecified atom stereocenters. The maximum Gasteiger partial charge on any atom is 0.259 e. The number of hydrogen-bond donors (Lipinski definition) is 4. The predicted molar refractivity (Wildman–Crippen MR) is 143 cm³/mol. The Bertz CT molecular complexity index is 1600. The van der Waals surface area contributed by atoms with Crippen LogP contribution < -0.4 is 21.1 Å². The normalized spacial score (nSPS) is 12.5. The van der Waals surface area contributed by atoms with E-state index in [0.717, 1.165) is 28.1 Å². The van der Waals surface area contributed by atoms with Crippen molar-refractivity contribution in [2.75, 3.05) is 27.6 Å². The quantitative estimate of drug-likeness (QED) is 0.213. The summed E-state index contributed by atoms with van der Waals surface area (Å²) >= 11 is 7.75. The number of nitrogen functional groups attached to an aromatic ring is 1. The summed E-state index contributed by atoms with van der Waals surface area (Å²) < 4.78 is 10.0. The molecule has 3 aromatic heterocycles. The van der Waals surface area contributed by atoms with Crippen molar-refractivity contribution in [2.45, 2.75) is 17.7 Å². The Labute approximate surface area is 220 Å². The number of nitrogens with zero attached hydrogens (tertiary/aromatic N) is 5. The zero-order valence-corrected chi connectivity index (χ0v) is 20.8. The summed E-state index contributed by atoms with van der Waals surface area (Å²) in [5.41, 5.74) is 9.76. The fourth-order valence-corrected chi connectivity index (χ4v) is 5.00. The second-order valence-corrected chi connectivity index (χ2v) is 9.56. The molecule has 13 heteroatoms. The van der Waals surface area contributed by atoms with Crippen molar-refractivity contribution < 1.29 is 9.21 Å². The first-order chi connectivity index (χ1) is 18.0. The van der Waals surface area contributed by atoms with Crippen molar-refractivity contribution in [3.05, 3.63) is 70.9 Å². The Morgan fingerprint density at radius 2 is 2.03 bits per heavy atom. The van der Waals surface area contributed by atoms with Crippen LogP contribution in [0.25, 0.3) is 17.4 Å². The van der Waals surface area contributed by atoms with E-state index in [9.17, 15) is 4.79 Å². The standard InChI is InChI=1S/C24H20ClN9O2S/c25-17-12-16(10-14-11-19(35)28-20(14)17)37-33-15-5-3-13(4-6-15)7-8-27-23-30-22(26)34-24(31-23)29-21(32-34)18-2-1-9-36-18/h1-6,9-10,12,33H,7-8,11H2,(H,28,35)(H3,26,27,29,30,31,32). The number of halogens is 1. The van der Waals surface area contributed by atoms with Gasteiger partial charge in [0, 0.05) is 17.1 Å². The number of carbonyl (C=O) groups is 1. The highest BCUT2D eigenvalue weighted by Gasteiger charge is 2.21. The van der Waals surface area contributed by atoms with Gasteiger partial charge in [-0.3, -0.25) is 4.79 Å². The van der Waals surface area contributed by atoms with Gasteiger partial charge in [0.05, 0.1) is 23.4 Å². The van der Waals surface area contributed by atoms with Crippen LogP contribution in [0.15, 0.2) is 64.1 Å². The van der Waals surface area contributed by atoms with E-state index in [4.69, 9.17) is 21.8 Å². The summed E-state index contributed by atoms with van der Waals surface area (Å²) in [4.78, 5) is 25.6. The molecule has 0 saturated heterocycles. The van der Waals surface area contributed by atoms with E-state index in [1.165, 1.54) is 16.5 Å². The van der Waals surface area contributed by atoms with E-state index in [2.05, 4.69) is 47.5 Å². The lowest BCUT2D eigenvalue weighted by molar-refractivity contribution is -0.115. The fraction of sp³-hybridized carbons (Fsp3) is 0.125. The second kappa shape index (κ2) is 9.64. The zero-order valence-electron chi connectivity index (χ0n) is 19.2. The van der Waals surface area contributed by atoms with Gasteiger partial charge in [0.1, 0.15) is 0 Å². The number of fused-ring (bicyclic) bond motifs is 2. The molecule has 1 amide bonds. The van der Waals surface area contributed by atoms with Gasteiger partial charge < -0.3 is 25.5 Å². The first kappa shape index (κ1) is 23.1. The van der Waals surface area contributed by atoms with Crippen LogP contribution in [0.4, 0.5) is 23.3 Å². The number of nitrogens with one attached hydrogen (secondary N) is 3. The van der Waals surface area contributed by atoms with E-state index in [1.54, 1.807) is 18.4 Å². The largest absolute Gasteiger partial charge is 0.461 e.